The molecule has 0 aromatic heterocycles. The zero-order chi connectivity index (χ0) is 20.9. The molecule has 4 nitrogen and oxygen atoms in total. The Hall–Kier alpha value is -3.00. The molecule has 1 N–H and O–H groups in total. The number of nitriles is 1. The number of ether oxygens (including phenoxy) is 1. The normalized spacial score (nSPS) is 18.2. The van der Waals surface area contributed by atoms with Gasteiger partial charge in [-0.2, -0.15) is 5.26 Å². The maximum absolute atomic E-state index is 9.08. The van der Waals surface area contributed by atoms with Crippen LogP contribution in [0, 0.1) is 11.3 Å². The Bertz CT molecular complexity index is 1050. The summed E-state index contributed by atoms with van der Waals surface area (Å²) < 4.78 is 5.95. The van der Waals surface area contributed by atoms with Crippen LogP contribution >= 0.6 is 11.6 Å². The lowest BCUT2D eigenvalue weighted by molar-refractivity contribution is 0.475. The quantitative estimate of drug-likeness (QED) is 0.553. The summed E-state index contributed by atoms with van der Waals surface area (Å²) in [5.41, 5.74) is 2.77. The van der Waals surface area contributed by atoms with Gasteiger partial charge in [0, 0.05) is 30.9 Å². The van der Waals surface area contributed by atoms with E-state index >= 15 is 0 Å². The van der Waals surface area contributed by atoms with Gasteiger partial charge in [0.1, 0.15) is 17.6 Å². The molecular weight excluding hydrogens is 394 g/mol. The maximum Gasteiger partial charge on any atom is 0.127 e. The van der Waals surface area contributed by atoms with Gasteiger partial charge >= 0.3 is 0 Å². The van der Waals surface area contributed by atoms with Gasteiger partial charge in [0.05, 0.1) is 10.6 Å². The predicted octanol–water partition coefficient (Wildman–Crippen LogP) is 5.76. The highest BCUT2D eigenvalue weighted by atomic mass is 35.5. The highest BCUT2D eigenvalue weighted by molar-refractivity contribution is 6.32. The molecule has 0 saturated carbocycles. The molecule has 0 spiro atoms. The highest BCUT2D eigenvalue weighted by Crippen LogP contribution is 2.30. The molecule has 0 amide bonds. The standard InChI is InChI=1S/C25H24ClN3O/c1-18-25(12-13-29(18)21-11-10-20(16-27)24(26)15-21)28-17-19-6-5-9-23(14-19)30-22-7-3-2-4-8-22/h2-11,14-15,18,25,28H,12-13,17H2,1H3/t18-,25-/m0/s1. The molecule has 1 saturated heterocycles. The van der Waals surface area contributed by atoms with Crippen LogP contribution in [0.5, 0.6) is 11.5 Å². The SMILES string of the molecule is C[C@H]1[C@@H](NCc2cccc(Oc3ccccc3)c2)CCN1c1ccc(C#N)c(Cl)c1. The van der Waals surface area contributed by atoms with E-state index < -0.39 is 0 Å². The minimum absolute atomic E-state index is 0.331. The summed E-state index contributed by atoms with van der Waals surface area (Å²) in [4.78, 5) is 2.35. The summed E-state index contributed by atoms with van der Waals surface area (Å²) >= 11 is 6.23. The first-order valence-electron chi connectivity index (χ1n) is 10.2. The summed E-state index contributed by atoms with van der Waals surface area (Å²) in [7, 11) is 0. The maximum atomic E-state index is 9.08. The van der Waals surface area contributed by atoms with Crippen molar-refractivity contribution >= 4 is 17.3 Å². The topological polar surface area (TPSA) is 48.3 Å². The average molecular weight is 418 g/mol. The fourth-order valence-electron chi connectivity index (χ4n) is 3.94. The number of rotatable bonds is 6. The number of nitrogens with zero attached hydrogens (tertiary/aromatic N) is 2. The lowest BCUT2D eigenvalue weighted by Gasteiger charge is -2.27. The third-order valence-electron chi connectivity index (χ3n) is 5.61. The van der Waals surface area contributed by atoms with Crippen molar-refractivity contribution in [1.29, 1.82) is 5.26 Å². The van der Waals surface area contributed by atoms with E-state index in [0.29, 0.717) is 22.7 Å². The summed E-state index contributed by atoms with van der Waals surface area (Å²) in [6, 6.07) is 26.5. The molecule has 1 aliphatic rings. The Kier molecular flexibility index (Phi) is 6.23. The average Bonchev–Trinajstić information content (AvgIpc) is 3.13. The third kappa shape index (κ3) is 4.59. The van der Waals surface area contributed by atoms with Crippen LogP contribution < -0.4 is 15.0 Å². The number of halogens is 1. The van der Waals surface area contributed by atoms with Gasteiger partial charge in [-0.1, -0.05) is 41.9 Å². The molecule has 4 rings (SSSR count). The minimum Gasteiger partial charge on any atom is -0.457 e. The Morgan fingerprint density at radius 2 is 1.87 bits per heavy atom. The van der Waals surface area contributed by atoms with Crippen molar-refractivity contribution < 1.29 is 4.74 Å². The van der Waals surface area contributed by atoms with Crippen molar-refractivity contribution in [3.8, 4) is 17.6 Å². The molecule has 30 heavy (non-hydrogen) atoms. The summed E-state index contributed by atoms with van der Waals surface area (Å²) in [5, 5.41) is 13.3. The van der Waals surface area contributed by atoms with Gasteiger partial charge in [0.25, 0.3) is 0 Å². The lowest BCUT2D eigenvalue weighted by Crippen LogP contribution is -2.40. The van der Waals surface area contributed by atoms with Crippen LogP contribution in [0.4, 0.5) is 5.69 Å². The van der Waals surface area contributed by atoms with E-state index in [9.17, 15) is 0 Å². The van der Waals surface area contributed by atoms with Crippen LogP contribution in [-0.2, 0) is 6.54 Å². The van der Waals surface area contributed by atoms with Gasteiger partial charge in [0.2, 0.25) is 0 Å². The summed E-state index contributed by atoms with van der Waals surface area (Å²) in [6.07, 6.45) is 1.05. The van der Waals surface area contributed by atoms with E-state index in [4.69, 9.17) is 21.6 Å². The monoisotopic (exact) mass is 417 g/mol. The number of anilines is 1. The minimum atomic E-state index is 0.331. The van der Waals surface area contributed by atoms with Gasteiger partial charge in [-0.3, -0.25) is 0 Å². The van der Waals surface area contributed by atoms with E-state index in [2.05, 4.69) is 35.3 Å². The summed E-state index contributed by atoms with van der Waals surface area (Å²) in [6.45, 7) is 3.97. The zero-order valence-corrected chi connectivity index (χ0v) is 17.6. The lowest BCUT2D eigenvalue weighted by atomic mass is 10.1. The molecule has 3 aromatic rings. The van der Waals surface area contributed by atoms with Gasteiger partial charge in [-0.15, -0.1) is 0 Å². The first-order chi connectivity index (χ1) is 14.6. The molecule has 5 heteroatoms. The fourth-order valence-corrected chi connectivity index (χ4v) is 4.16. The van der Waals surface area contributed by atoms with E-state index in [1.807, 2.05) is 54.6 Å². The van der Waals surface area contributed by atoms with Crippen molar-refractivity contribution in [2.24, 2.45) is 0 Å². The molecule has 0 bridgehead atoms. The van der Waals surface area contributed by atoms with Crippen LogP contribution in [0.15, 0.2) is 72.8 Å². The second-order valence-electron chi connectivity index (χ2n) is 7.55. The molecule has 2 atom stereocenters. The molecule has 0 aliphatic carbocycles. The second kappa shape index (κ2) is 9.21. The van der Waals surface area contributed by atoms with Crippen LogP contribution in [-0.4, -0.2) is 18.6 Å². The van der Waals surface area contributed by atoms with Crippen LogP contribution in [0.25, 0.3) is 0 Å². The van der Waals surface area contributed by atoms with Crippen LogP contribution in [0.1, 0.15) is 24.5 Å². The van der Waals surface area contributed by atoms with Gasteiger partial charge in [-0.05, 0) is 61.4 Å². The highest BCUT2D eigenvalue weighted by Gasteiger charge is 2.30. The number of hydrogen-bond donors (Lipinski definition) is 1. The predicted molar refractivity (Wildman–Crippen MR) is 121 cm³/mol. The Balaban J connectivity index is 1.37. The Labute approximate surface area is 182 Å². The van der Waals surface area contributed by atoms with E-state index in [-0.39, 0.29) is 0 Å². The Morgan fingerprint density at radius 3 is 2.63 bits per heavy atom. The number of para-hydroxylation sites is 1. The number of nitrogens with one attached hydrogen (secondary N) is 1. The second-order valence-corrected chi connectivity index (χ2v) is 7.96. The smallest absolute Gasteiger partial charge is 0.127 e. The van der Waals surface area contributed by atoms with Crippen molar-refractivity contribution in [3.63, 3.8) is 0 Å². The first-order valence-corrected chi connectivity index (χ1v) is 10.5. The van der Waals surface area contributed by atoms with Crippen molar-refractivity contribution in [2.45, 2.75) is 32.0 Å². The van der Waals surface area contributed by atoms with E-state index in [1.165, 1.54) is 5.56 Å². The van der Waals surface area contributed by atoms with Crippen LogP contribution in [0.2, 0.25) is 5.02 Å². The van der Waals surface area contributed by atoms with Crippen molar-refractivity contribution in [2.75, 3.05) is 11.4 Å². The van der Waals surface area contributed by atoms with Gasteiger partial charge in [-0.25, -0.2) is 0 Å². The van der Waals surface area contributed by atoms with Gasteiger partial charge in [0.15, 0.2) is 0 Å². The molecule has 1 heterocycles. The molecule has 1 aliphatic heterocycles. The van der Waals surface area contributed by atoms with E-state index in [0.717, 1.165) is 36.7 Å². The van der Waals surface area contributed by atoms with Gasteiger partial charge < -0.3 is 15.0 Å². The van der Waals surface area contributed by atoms with Crippen molar-refractivity contribution in [3.05, 3.63) is 88.9 Å². The number of hydrogen-bond acceptors (Lipinski definition) is 4. The van der Waals surface area contributed by atoms with E-state index in [1.54, 1.807) is 6.07 Å². The zero-order valence-electron chi connectivity index (χ0n) is 16.9. The molecular formula is C25H24ClN3O. The largest absolute Gasteiger partial charge is 0.457 e. The molecule has 0 unspecified atom stereocenters. The summed E-state index contributed by atoms with van der Waals surface area (Å²) in [5.74, 6) is 1.68. The van der Waals surface area contributed by atoms with Crippen LogP contribution in [0.3, 0.4) is 0 Å². The molecule has 152 valence electrons. The molecule has 1 fully saturated rings. The first kappa shape index (κ1) is 20.3. The molecule has 3 aromatic carbocycles. The Morgan fingerprint density at radius 1 is 1.07 bits per heavy atom. The number of benzene rings is 3. The van der Waals surface area contributed by atoms with Crippen molar-refractivity contribution in [1.82, 2.24) is 5.32 Å². The fraction of sp³-hybridized carbons (Fsp3) is 0.240. The third-order valence-corrected chi connectivity index (χ3v) is 5.92. The molecule has 0 radical (unpaired) electrons.